The summed E-state index contributed by atoms with van der Waals surface area (Å²) < 4.78 is 0. The summed E-state index contributed by atoms with van der Waals surface area (Å²) in [6.07, 6.45) is 0. The van der Waals surface area contributed by atoms with Crippen molar-refractivity contribution in [1.29, 1.82) is 0 Å². The number of carbonyl (C=O) groups is 1. The van der Waals surface area contributed by atoms with Crippen LogP contribution in [0.15, 0.2) is 53.3 Å². The molecule has 0 bridgehead atoms. The molecule has 3 rings (SSSR count). The third-order valence-corrected chi connectivity index (χ3v) is 3.74. The molecule has 0 saturated heterocycles. The van der Waals surface area contributed by atoms with Gasteiger partial charge in [-0.25, -0.2) is 4.98 Å². The van der Waals surface area contributed by atoms with E-state index in [2.05, 4.69) is 20.6 Å². The van der Waals surface area contributed by atoms with Crippen LogP contribution in [0.5, 0.6) is 0 Å². The van der Waals surface area contributed by atoms with Gasteiger partial charge >= 0.3 is 0 Å². The molecule has 1 aromatic heterocycles. The Balaban J connectivity index is 1.69. The Morgan fingerprint density at radius 3 is 2.77 bits per heavy atom. The van der Waals surface area contributed by atoms with Gasteiger partial charge in [0.15, 0.2) is 0 Å². The summed E-state index contributed by atoms with van der Waals surface area (Å²) in [6.45, 7) is 0.795. The average molecular weight is 351 g/mol. The van der Waals surface area contributed by atoms with E-state index in [1.54, 1.807) is 12.1 Å². The van der Waals surface area contributed by atoms with E-state index in [4.69, 9.17) is 0 Å². The Bertz CT molecular complexity index is 981. The summed E-state index contributed by atoms with van der Waals surface area (Å²) >= 11 is 0. The van der Waals surface area contributed by atoms with Gasteiger partial charge in [0.1, 0.15) is 0 Å². The van der Waals surface area contributed by atoms with Crippen LogP contribution in [0.4, 0.5) is 11.6 Å². The van der Waals surface area contributed by atoms with Crippen LogP contribution in [0.25, 0.3) is 10.9 Å². The first-order chi connectivity index (χ1) is 12.5. The minimum absolute atomic E-state index is 0.0689. The fourth-order valence-corrected chi connectivity index (χ4v) is 2.60. The van der Waals surface area contributed by atoms with Crippen LogP contribution in [-0.4, -0.2) is 41.4 Å². The third kappa shape index (κ3) is 4.46. The lowest BCUT2D eigenvalue weighted by atomic mass is 10.2. The van der Waals surface area contributed by atoms with Gasteiger partial charge in [-0.15, -0.1) is 0 Å². The maximum Gasteiger partial charge on any atom is 0.260 e. The maximum absolute atomic E-state index is 12.1. The summed E-state index contributed by atoms with van der Waals surface area (Å²) in [5.41, 5.74) is 2.16. The first kappa shape index (κ1) is 17.6. The van der Waals surface area contributed by atoms with E-state index in [0.29, 0.717) is 29.9 Å². The van der Waals surface area contributed by atoms with Gasteiger partial charge in [-0.1, -0.05) is 24.3 Å². The normalized spacial score (nSPS) is 10.9. The van der Waals surface area contributed by atoms with Crippen molar-refractivity contribution in [3.63, 3.8) is 0 Å². The zero-order valence-corrected chi connectivity index (χ0v) is 14.7. The molecule has 0 unspecified atom stereocenters. The highest BCUT2D eigenvalue weighted by Crippen LogP contribution is 2.13. The molecule has 134 valence electrons. The molecule has 0 aliphatic heterocycles. The minimum atomic E-state index is -0.178. The summed E-state index contributed by atoms with van der Waals surface area (Å²) in [5.74, 6) is 0.344. The molecule has 0 radical (unpaired) electrons. The number of carbonyl (C=O) groups excluding carboxylic acids is 1. The zero-order chi connectivity index (χ0) is 18.5. The number of H-pyrrole nitrogens is 1. The standard InChI is InChI=1S/C19H21N5O2/c1-24(2)12-17(25)21-14-7-5-6-13(10-14)11-20-19-22-16-9-4-3-8-15(16)18(26)23-19/h3-10H,11-12H2,1-2H3,(H,21,25)(H2,20,22,23,26). The van der Waals surface area contributed by atoms with Crippen molar-refractivity contribution < 1.29 is 4.79 Å². The van der Waals surface area contributed by atoms with Crippen LogP contribution in [0.1, 0.15) is 5.56 Å². The highest BCUT2D eigenvalue weighted by atomic mass is 16.2. The average Bonchev–Trinajstić information content (AvgIpc) is 2.59. The summed E-state index contributed by atoms with van der Waals surface area (Å²) in [4.78, 5) is 32.9. The molecule has 0 aliphatic rings. The van der Waals surface area contributed by atoms with Crippen molar-refractivity contribution in [3.05, 3.63) is 64.4 Å². The quantitative estimate of drug-likeness (QED) is 0.632. The molecule has 1 heterocycles. The number of anilines is 2. The first-order valence-corrected chi connectivity index (χ1v) is 8.28. The number of rotatable bonds is 6. The fraction of sp³-hybridized carbons (Fsp3) is 0.211. The Kier molecular flexibility index (Phi) is 5.28. The lowest BCUT2D eigenvalue weighted by molar-refractivity contribution is -0.116. The molecule has 0 spiro atoms. The molecular formula is C19H21N5O2. The second-order valence-corrected chi connectivity index (χ2v) is 6.27. The lowest BCUT2D eigenvalue weighted by Gasteiger charge is -2.11. The van der Waals surface area contributed by atoms with Crippen molar-refractivity contribution in [3.8, 4) is 0 Å². The van der Waals surface area contributed by atoms with Gasteiger partial charge in [0.25, 0.3) is 5.56 Å². The largest absolute Gasteiger partial charge is 0.352 e. The van der Waals surface area contributed by atoms with Gasteiger partial charge in [-0.05, 0) is 43.9 Å². The Morgan fingerprint density at radius 2 is 1.96 bits per heavy atom. The van der Waals surface area contributed by atoms with Gasteiger partial charge in [-0.3, -0.25) is 14.6 Å². The van der Waals surface area contributed by atoms with Gasteiger partial charge < -0.3 is 15.5 Å². The van der Waals surface area contributed by atoms with E-state index >= 15 is 0 Å². The second-order valence-electron chi connectivity index (χ2n) is 6.27. The highest BCUT2D eigenvalue weighted by molar-refractivity contribution is 5.92. The monoisotopic (exact) mass is 351 g/mol. The summed E-state index contributed by atoms with van der Waals surface area (Å²) in [7, 11) is 3.69. The van der Waals surface area contributed by atoms with Gasteiger partial charge in [0, 0.05) is 12.2 Å². The van der Waals surface area contributed by atoms with Gasteiger partial charge in [-0.2, -0.15) is 0 Å². The number of hydrogen-bond donors (Lipinski definition) is 3. The fourth-order valence-electron chi connectivity index (χ4n) is 2.60. The van der Waals surface area contributed by atoms with Crippen molar-refractivity contribution in [2.24, 2.45) is 0 Å². The van der Waals surface area contributed by atoms with E-state index in [0.717, 1.165) is 11.3 Å². The molecule has 26 heavy (non-hydrogen) atoms. The maximum atomic E-state index is 12.1. The Labute approximate surface area is 151 Å². The van der Waals surface area contributed by atoms with Crippen molar-refractivity contribution in [2.75, 3.05) is 31.3 Å². The number of nitrogens with one attached hydrogen (secondary N) is 3. The van der Waals surface area contributed by atoms with E-state index < -0.39 is 0 Å². The molecule has 0 aliphatic carbocycles. The van der Waals surface area contributed by atoms with Crippen LogP contribution >= 0.6 is 0 Å². The number of nitrogens with zero attached hydrogens (tertiary/aromatic N) is 2. The molecule has 2 aromatic carbocycles. The molecule has 1 amide bonds. The Hall–Kier alpha value is -3.19. The molecule has 7 nitrogen and oxygen atoms in total. The third-order valence-electron chi connectivity index (χ3n) is 3.74. The van der Waals surface area contributed by atoms with E-state index in [9.17, 15) is 9.59 Å². The number of amides is 1. The van der Waals surface area contributed by atoms with E-state index in [1.165, 1.54) is 0 Å². The van der Waals surface area contributed by atoms with Crippen LogP contribution in [0, 0.1) is 0 Å². The predicted molar refractivity (Wildman–Crippen MR) is 103 cm³/mol. The number of hydrogen-bond acceptors (Lipinski definition) is 5. The molecule has 3 N–H and O–H groups in total. The SMILES string of the molecule is CN(C)CC(=O)Nc1cccc(CNc2nc3ccccc3c(=O)[nH]2)c1. The number of para-hydroxylation sites is 1. The Morgan fingerprint density at radius 1 is 1.15 bits per heavy atom. The van der Waals surface area contributed by atoms with Crippen LogP contribution < -0.4 is 16.2 Å². The number of fused-ring (bicyclic) bond motifs is 1. The molecule has 3 aromatic rings. The summed E-state index contributed by atoms with van der Waals surface area (Å²) in [6, 6.07) is 14.7. The van der Waals surface area contributed by atoms with E-state index in [-0.39, 0.29) is 11.5 Å². The van der Waals surface area contributed by atoms with Gasteiger partial charge in [0.2, 0.25) is 11.9 Å². The van der Waals surface area contributed by atoms with Crippen molar-refractivity contribution in [2.45, 2.75) is 6.54 Å². The van der Waals surface area contributed by atoms with Crippen LogP contribution in [0.3, 0.4) is 0 Å². The smallest absolute Gasteiger partial charge is 0.260 e. The highest BCUT2D eigenvalue weighted by Gasteiger charge is 2.05. The van der Waals surface area contributed by atoms with Crippen LogP contribution in [-0.2, 0) is 11.3 Å². The number of benzene rings is 2. The molecule has 7 heteroatoms. The first-order valence-electron chi connectivity index (χ1n) is 8.28. The predicted octanol–water partition coefficient (Wildman–Crippen LogP) is 2.04. The lowest BCUT2D eigenvalue weighted by Crippen LogP contribution is -2.27. The molecule has 0 saturated carbocycles. The molecule has 0 fully saturated rings. The molecule has 0 atom stereocenters. The second kappa shape index (κ2) is 7.79. The summed E-state index contributed by atoms with van der Waals surface area (Å²) in [5, 5.41) is 6.54. The number of likely N-dealkylation sites (N-methyl/N-ethyl adjacent to an activating group) is 1. The van der Waals surface area contributed by atoms with Crippen molar-refractivity contribution >= 4 is 28.4 Å². The zero-order valence-electron chi connectivity index (χ0n) is 14.7. The van der Waals surface area contributed by atoms with Crippen molar-refractivity contribution in [1.82, 2.24) is 14.9 Å². The topological polar surface area (TPSA) is 90.1 Å². The van der Waals surface area contributed by atoms with Crippen LogP contribution in [0.2, 0.25) is 0 Å². The number of aromatic nitrogens is 2. The van der Waals surface area contributed by atoms with Gasteiger partial charge in [0.05, 0.1) is 17.4 Å². The number of aromatic amines is 1. The van der Waals surface area contributed by atoms with E-state index in [1.807, 2.05) is 55.4 Å². The minimum Gasteiger partial charge on any atom is -0.352 e. The molecular weight excluding hydrogens is 330 g/mol.